The topological polar surface area (TPSA) is 42.2 Å². The number of nitrogens with zero attached hydrogens (tertiary/aromatic N) is 3. The van der Waals surface area contributed by atoms with Crippen LogP contribution in [-0.2, 0) is 6.42 Å². The Balaban J connectivity index is 1.80. The van der Waals surface area contributed by atoms with E-state index in [1.807, 2.05) is 12.1 Å². The van der Waals surface area contributed by atoms with Crippen molar-refractivity contribution in [2.45, 2.75) is 19.3 Å². The Morgan fingerprint density at radius 3 is 3.24 bits per heavy atom. The fourth-order valence-corrected chi connectivity index (χ4v) is 2.50. The van der Waals surface area contributed by atoms with Crippen LogP contribution in [0.2, 0.25) is 5.02 Å². The van der Waals surface area contributed by atoms with Gasteiger partial charge < -0.3 is 5.32 Å². The first-order valence-corrected chi connectivity index (χ1v) is 6.40. The summed E-state index contributed by atoms with van der Waals surface area (Å²) in [6.07, 6.45) is 5.27. The number of pyridine rings is 1. The first-order chi connectivity index (χ1) is 8.31. The maximum atomic E-state index is 5.92. The Kier molecular flexibility index (Phi) is 2.99. The highest BCUT2D eigenvalue weighted by molar-refractivity contribution is 6.30. The van der Waals surface area contributed by atoms with Gasteiger partial charge in [-0.25, -0.2) is 9.50 Å². The predicted octanol–water partition coefficient (Wildman–Crippen LogP) is 1.92. The largest absolute Gasteiger partial charge is 0.316 e. The number of piperidine rings is 1. The lowest BCUT2D eigenvalue weighted by atomic mass is 9.96. The smallest absolute Gasteiger partial charge is 0.155 e. The molecule has 1 saturated heterocycles. The zero-order valence-electron chi connectivity index (χ0n) is 9.56. The van der Waals surface area contributed by atoms with E-state index in [4.69, 9.17) is 11.6 Å². The number of rotatable bonds is 2. The van der Waals surface area contributed by atoms with E-state index in [1.165, 1.54) is 12.8 Å². The number of hydrogen-bond donors (Lipinski definition) is 1. The summed E-state index contributed by atoms with van der Waals surface area (Å²) in [6, 6.07) is 3.75. The molecule has 1 unspecified atom stereocenters. The summed E-state index contributed by atoms with van der Waals surface area (Å²) in [5, 5.41) is 8.56. The van der Waals surface area contributed by atoms with Crippen molar-refractivity contribution in [3.8, 4) is 0 Å². The van der Waals surface area contributed by atoms with Crippen LogP contribution < -0.4 is 5.32 Å². The van der Waals surface area contributed by atoms with E-state index >= 15 is 0 Å². The number of halogens is 1. The lowest BCUT2D eigenvalue weighted by Gasteiger charge is -2.21. The molecule has 1 N–H and O–H groups in total. The summed E-state index contributed by atoms with van der Waals surface area (Å²) in [5.41, 5.74) is 0.869. The van der Waals surface area contributed by atoms with Crippen LogP contribution in [0.25, 0.3) is 5.65 Å². The molecule has 0 spiro atoms. The molecule has 1 aliphatic heterocycles. The molecular weight excluding hydrogens is 236 g/mol. The second-order valence-electron chi connectivity index (χ2n) is 4.59. The van der Waals surface area contributed by atoms with Gasteiger partial charge in [-0.1, -0.05) is 11.6 Å². The number of aromatic nitrogens is 3. The minimum absolute atomic E-state index is 0.664. The SMILES string of the molecule is Clc1ccc2nc(CC3CCCNC3)nn2c1. The normalized spacial score (nSPS) is 20.9. The Morgan fingerprint density at radius 1 is 1.47 bits per heavy atom. The molecule has 0 radical (unpaired) electrons. The Hall–Kier alpha value is -1.13. The highest BCUT2D eigenvalue weighted by atomic mass is 35.5. The summed E-state index contributed by atoms with van der Waals surface area (Å²) in [5.74, 6) is 1.58. The minimum Gasteiger partial charge on any atom is -0.316 e. The van der Waals surface area contributed by atoms with Crippen molar-refractivity contribution in [2.75, 3.05) is 13.1 Å². The highest BCUT2D eigenvalue weighted by Gasteiger charge is 2.16. The van der Waals surface area contributed by atoms with E-state index in [2.05, 4.69) is 15.4 Å². The Bertz CT molecular complexity index is 516. The Labute approximate surface area is 105 Å². The van der Waals surface area contributed by atoms with Crippen molar-refractivity contribution < 1.29 is 0 Å². The van der Waals surface area contributed by atoms with E-state index in [9.17, 15) is 0 Å². The van der Waals surface area contributed by atoms with E-state index in [0.717, 1.165) is 31.0 Å². The van der Waals surface area contributed by atoms with Crippen LogP contribution in [-0.4, -0.2) is 27.7 Å². The van der Waals surface area contributed by atoms with Crippen molar-refractivity contribution in [2.24, 2.45) is 5.92 Å². The van der Waals surface area contributed by atoms with Gasteiger partial charge >= 0.3 is 0 Å². The van der Waals surface area contributed by atoms with Gasteiger partial charge in [0, 0.05) is 12.6 Å². The quantitative estimate of drug-likeness (QED) is 0.886. The van der Waals surface area contributed by atoms with Crippen LogP contribution in [0, 0.1) is 5.92 Å². The molecule has 0 amide bonds. The maximum Gasteiger partial charge on any atom is 0.155 e. The van der Waals surface area contributed by atoms with Gasteiger partial charge in [0.1, 0.15) is 0 Å². The van der Waals surface area contributed by atoms with Gasteiger partial charge in [-0.05, 0) is 44.0 Å². The van der Waals surface area contributed by atoms with E-state index in [1.54, 1.807) is 10.7 Å². The molecule has 3 heterocycles. The van der Waals surface area contributed by atoms with Crippen LogP contribution in [0.15, 0.2) is 18.3 Å². The molecule has 0 bridgehead atoms. The molecule has 0 aliphatic carbocycles. The van der Waals surface area contributed by atoms with Crippen molar-refractivity contribution in [1.29, 1.82) is 0 Å². The molecule has 4 nitrogen and oxygen atoms in total. The zero-order chi connectivity index (χ0) is 11.7. The van der Waals surface area contributed by atoms with Gasteiger partial charge in [0.05, 0.1) is 5.02 Å². The van der Waals surface area contributed by atoms with E-state index in [-0.39, 0.29) is 0 Å². The molecule has 3 rings (SSSR count). The number of nitrogens with one attached hydrogen (secondary N) is 1. The van der Waals surface area contributed by atoms with Crippen LogP contribution in [0.1, 0.15) is 18.7 Å². The molecule has 0 aromatic carbocycles. The Morgan fingerprint density at radius 2 is 2.41 bits per heavy atom. The molecule has 90 valence electrons. The third kappa shape index (κ3) is 2.42. The second kappa shape index (κ2) is 4.63. The van der Waals surface area contributed by atoms with E-state index < -0.39 is 0 Å². The molecule has 1 fully saturated rings. The van der Waals surface area contributed by atoms with Crippen LogP contribution >= 0.6 is 11.6 Å². The third-order valence-electron chi connectivity index (χ3n) is 3.21. The molecule has 1 aliphatic rings. The number of fused-ring (bicyclic) bond motifs is 1. The molecule has 17 heavy (non-hydrogen) atoms. The predicted molar refractivity (Wildman–Crippen MR) is 67.3 cm³/mol. The van der Waals surface area contributed by atoms with Gasteiger partial charge in [-0.15, -0.1) is 0 Å². The molecule has 0 saturated carbocycles. The summed E-state index contributed by atoms with van der Waals surface area (Å²) in [6.45, 7) is 2.22. The van der Waals surface area contributed by atoms with Crippen LogP contribution in [0.4, 0.5) is 0 Å². The molecule has 2 aromatic rings. The van der Waals surface area contributed by atoms with E-state index in [0.29, 0.717) is 10.9 Å². The van der Waals surface area contributed by atoms with Crippen molar-refractivity contribution >= 4 is 17.2 Å². The first kappa shape index (κ1) is 11.0. The second-order valence-corrected chi connectivity index (χ2v) is 5.03. The van der Waals surface area contributed by atoms with Gasteiger partial charge in [0.2, 0.25) is 0 Å². The maximum absolute atomic E-state index is 5.92. The van der Waals surface area contributed by atoms with Gasteiger partial charge in [-0.3, -0.25) is 0 Å². The summed E-state index contributed by atoms with van der Waals surface area (Å²) in [7, 11) is 0. The lowest BCUT2D eigenvalue weighted by Crippen LogP contribution is -2.31. The fraction of sp³-hybridized carbons (Fsp3) is 0.500. The van der Waals surface area contributed by atoms with Crippen LogP contribution in [0.3, 0.4) is 0 Å². The molecular formula is C12H15ClN4. The average molecular weight is 251 g/mol. The third-order valence-corrected chi connectivity index (χ3v) is 3.43. The monoisotopic (exact) mass is 250 g/mol. The van der Waals surface area contributed by atoms with Crippen molar-refractivity contribution in [3.63, 3.8) is 0 Å². The lowest BCUT2D eigenvalue weighted by molar-refractivity contribution is 0.371. The molecule has 1 atom stereocenters. The summed E-state index contributed by atoms with van der Waals surface area (Å²) >= 11 is 5.92. The average Bonchev–Trinajstić information content (AvgIpc) is 2.71. The molecule has 5 heteroatoms. The highest BCUT2D eigenvalue weighted by Crippen LogP contribution is 2.16. The van der Waals surface area contributed by atoms with Gasteiger partial charge in [-0.2, -0.15) is 5.10 Å². The van der Waals surface area contributed by atoms with Gasteiger partial charge in [0.15, 0.2) is 11.5 Å². The molecule has 2 aromatic heterocycles. The zero-order valence-corrected chi connectivity index (χ0v) is 10.3. The number of hydrogen-bond acceptors (Lipinski definition) is 3. The summed E-state index contributed by atoms with van der Waals surface area (Å²) < 4.78 is 1.76. The van der Waals surface area contributed by atoms with Gasteiger partial charge in [0.25, 0.3) is 0 Å². The summed E-state index contributed by atoms with van der Waals surface area (Å²) in [4.78, 5) is 4.51. The minimum atomic E-state index is 0.664. The van der Waals surface area contributed by atoms with Crippen LogP contribution in [0.5, 0.6) is 0 Å². The van der Waals surface area contributed by atoms with Crippen molar-refractivity contribution in [1.82, 2.24) is 19.9 Å². The van der Waals surface area contributed by atoms with Crippen molar-refractivity contribution in [3.05, 3.63) is 29.2 Å². The standard InChI is InChI=1S/C12H15ClN4/c13-10-3-4-12-15-11(16-17(12)8-10)6-9-2-1-5-14-7-9/h3-4,8-9,14H,1-2,5-7H2. The fourth-order valence-electron chi connectivity index (χ4n) is 2.35. The first-order valence-electron chi connectivity index (χ1n) is 6.03.